The van der Waals surface area contributed by atoms with Crippen molar-refractivity contribution in [3.8, 4) is 0 Å². The van der Waals surface area contributed by atoms with Gasteiger partial charge < -0.3 is 9.84 Å². The van der Waals surface area contributed by atoms with Crippen molar-refractivity contribution in [2.45, 2.75) is 38.3 Å². The Kier molecular flexibility index (Phi) is 5.05. The van der Waals surface area contributed by atoms with Crippen LogP contribution in [0.2, 0.25) is 0 Å². The van der Waals surface area contributed by atoms with Crippen molar-refractivity contribution in [1.82, 2.24) is 14.8 Å². The molecule has 0 aliphatic heterocycles. The predicted molar refractivity (Wildman–Crippen MR) is 88.2 cm³/mol. The Bertz CT molecular complexity index is 852. The van der Waals surface area contributed by atoms with Crippen LogP contribution in [-0.2, 0) is 26.5 Å². The van der Waals surface area contributed by atoms with Crippen molar-refractivity contribution in [1.29, 1.82) is 0 Å². The third-order valence-electron chi connectivity index (χ3n) is 4.92. The van der Waals surface area contributed by atoms with E-state index in [-0.39, 0.29) is 31.6 Å². The Hall–Kier alpha value is -2.68. The number of Topliss-reactive ketones (excluding diaryl/α,β-unsaturated/α-hetero) is 1. The van der Waals surface area contributed by atoms with Crippen molar-refractivity contribution >= 4 is 11.8 Å². The van der Waals surface area contributed by atoms with Crippen LogP contribution < -0.4 is 0 Å². The molecule has 1 aliphatic rings. The lowest BCUT2D eigenvalue weighted by Crippen LogP contribution is -2.46. The number of halogens is 2. The number of esters is 1. The highest BCUT2D eigenvalue weighted by molar-refractivity contribution is 6.01. The van der Waals surface area contributed by atoms with Crippen LogP contribution in [0.1, 0.15) is 31.7 Å². The molecule has 3 rings (SSSR count). The normalized spacial score (nSPS) is 17.2. The second-order valence-corrected chi connectivity index (χ2v) is 6.56. The zero-order chi connectivity index (χ0) is 19.7. The molecule has 1 heterocycles. The van der Waals surface area contributed by atoms with E-state index >= 15 is 0 Å². The number of hydrogen-bond acceptors (Lipinski definition) is 6. The summed E-state index contributed by atoms with van der Waals surface area (Å²) in [4.78, 5) is 28.4. The van der Waals surface area contributed by atoms with Crippen LogP contribution in [0, 0.1) is 17.0 Å². The summed E-state index contributed by atoms with van der Waals surface area (Å²) in [5.74, 6) is -3.04. The van der Waals surface area contributed by atoms with Crippen LogP contribution in [0.25, 0.3) is 0 Å². The number of carbonyl (C=O) groups is 2. The Balaban J connectivity index is 2.01. The van der Waals surface area contributed by atoms with E-state index in [4.69, 9.17) is 4.74 Å². The number of carbonyl (C=O) groups excluding carboxylic acids is 2. The Labute approximate surface area is 154 Å². The first-order valence-electron chi connectivity index (χ1n) is 8.51. The molecule has 0 spiro atoms. The van der Waals surface area contributed by atoms with Gasteiger partial charge in [0.1, 0.15) is 36.3 Å². The molecule has 9 heteroatoms. The fourth-order valence-electron chi connectivity index (χ4n) is 3.43. The lowest BCUT2D eigenvalue weighted by atomic mass is 9.74. The molecule has 1 unspecified atom stereocenters. The minimum absolute atomic E-state index is 0.120. The Morgan fingerprint density at radius 3 is 2.67 bits per heavy atom. The third kappa shape index (κ3) is 3.46. The van der Waals surface area contributed by atoms with Crippen molar-refractivity contribution in [3.05, 3.63) is 48.1 Å². The first-order chi connectivity index (χ1) is 12.8. The van der Waals surface area contributed by atoms with Gasteiger partial charge >= 0.3 is 5.97 Å². The molecule has 1 atom stereocenters. The van der Waals surface area contributed by atoms with Gasteiger partial charge in [-0.2, -0.15) is 5.10 Å². The summed E-state index contributed by atoms with van der Waals surface area (Å²) in [5, 5.41) is 15.4. The van der Waals surface area contributed by atoms with Gasteiger partial charge in [0.2, 0.25) is 0 Å². The SMILES string of the molecule is CCOC(=O)CC(=O)C1(C(O)(Cn2cncn2)c2ccc(F)cc2F)CC1. The van der Waals surface area contributed by atoms with E-state index < -0.39 is 40.8 Å². The summed E-state index contributed by atoms with van der Waals surface area (Å²) in [6.07, 6.45) is 2.54. The number of aliphatic hydroxyl groups is 1. The number of nitrogens with zero attached hydrogens (tertiary/aromatic N) is 3. The third-order valence-corrected chi connectivity index (χ3v) is 4.92. The van der Waals surface area contributed by atoms with E-state index in [0.717, 1.165) is 12.1 Å². The van der Waals surface area contributed by atoms with E-state index in [2.05, 4.69) is 10.1 Å². The van der Waals surface area contributed by atoms with E-state index in [1.807, 2.05) is 0 Å². The molecule has 27 heavy (non-hydrogen) atoms. The van der Waals surface area contributed by atoms with Crippen LogP contribution in [0.15, 0.2) is 30.9 Å². The lowest BCUT2D eigenvalue weighted by molar-refractivity contribution is -0.151. The van der Waals surface area contributed by atoms with Crippen LogP contribution in [0.3, 0.4) is 0 Å². The number of ether oxygens (including phenoxy) is 1. The molecule has 0 radical (unpaired) electrons. The van der Waals surface area contributed by atoms with Crippen molar-refractivity contribution in [2.75, 3.05) is 6.61 Å². The summed E-state index contributed by atoms with van der Waals surface area (Å²) in [7, 11) is 0. The second-order valence-electron chi connectivity index (χ2n) is 6.56. The van der Waals surface area contributed by atoms with Crippen LogP contribution in [-0.4, -0.2) is 38.2 Å². The quantitative estimate of drug-likeness (QED) is 0.555. The van der Waals surface area contributed by atoms with Gasteiger partial charge in [-0.1, -0.05) is 6.07 Å². The smallest absolute Gasteiger partial charge is 0.313 e. The van der Waals surface area contributed by atoms with Crippen LogP contribution in [0.4, 0.5) is 8.78 Å². The zero-order valence-electron chi connectivity index (χ0n) is 14.7. The molecule has 7 nitrogen and oxygen atoms in total. The van der Waals surface area contributed by atoms with Crippen LogP contribution in [0.5, 0.6) is 0 Å². The summed E-state index contributed by atoms with van der Waals surface area (Å²) >= 11 is 0. The first-order valence-corrected chi connectivity index (χ1v) is 8.51. The number of benzene rings is 1. The summed E-state index contributed by atoms with van der Waals surface area (Å²) in [6.45, 7) is 1.46. The fraction of sp³-hybridized carbons (Fsp3) is 0.444. The number of ketones is 1. The number of hydrogen-bond donors (Lipinski definition) is 1. The molecule has 0 saturated heterocycles. The van der Waals surface area contributed by atoms with Crippen molar-refractivity contribution in [2.24, 2.45) is 5.41 Å². The van der Waals surface area contributed by atoms with Gasteiger partial charge in [-0.15, -0.1) is 0 Å². The van der Waals surface area contributed by atoms with Gasteiger partial charge in [0.05, 0.1) is 18.6 Å². The Morgan fingerprint density at radius 1 is 1.37 bits per heavy atom. The summed E-state index contributed by atoms with van der Waals surface area (Å²) in [5.41, 5.74) is -3.64. The molecule has 1 saturated carbocycles. The highest BCUT2D eigenvalue weighted by Gasteiger charge is 2.65. The maximum absolute atomic E-state index is 14.5. The average Bonchev–Trinajstić information content (AvgIpc) is 3.28. The topological polar surface area (TPSA) is 94.3 Å². The molecule has 0 bridgehead atoms. The highest BCUT2D eigenvalue weighted by atomic mass is 19.1. The minimum Gasteiger partial charge on any atom is -0.466 e. The van der Waals surface area contributed by atoms with Gasteiger partial charge in [-0.05, 0) is 25.8 Å². The van der Waals surface area contributed by atoms with Crippen molar-refractivity contribution < 1.29 is 28.2 Å². The molecule has 1 aromatic carbocycles. The lowest BCUT2D eigenvalue weighted by Gasteiger charge is -2.36. The number of aromatic nitrogens is 3. The molecule has 1 N–H and O–H groups in total. The van der Waals surface area contributed by atoms with Gasteiger partial charge in [-0.3, -0.25) is 9.59 Å². The van der Waals surface area contributed by atoms with Crippen molar-refractivity contribution in [3.63, 3.8) is 0 Å². The summed E-state index contributed by atoms with van der Waals surface area (Å²) in [6, 6.07) is 2.77. The molecular weight excluding hydrogens is 360 g/mol. The molecule has 144 valence electrons. The molecule has 0 amide bonds. The molecule has 2 aromatic rings. The molecule has 1 fully saturated rings. The maximum atomic E-state index is 14.5. The maximum Gasteiger partial charge on any atom is 0.313 e. The van der Waals surface area contributed by atoms with E-state index in [1.165, 1.54) is 17.3 Å². The van der Waals surface area contributed by atoms with E-state index in [0.29, 0.717) is 6.07 Å². The fourth-order valence-corrected chi connectivity index (χ4v) is 3.43. The zero-order valence-corrected chi connectivity index (χ0v) is 14.7. The molecule has 1 aromatic heterocycles. The highest BCUT2D eigenvalue weighted by Crippen LogP contribution is 2.60. The first kappa shape index (κ1) is 19.1. The van der Waals surface area contributed by atoms with Gasteiger partial charge in [-0.25, -0.2) is 18.4 Å². The largest absolute Gasteiger partial charge is 0.466 e. The Morgan fingerprint density at radius 2 is 2.11 bits per heavy atom. The number of rotatable bonds is 8. The molecule has 1 aliphatic carbocycles. The van der Waals surface area contributed by atoms with E-state index in [9.17, 15) is 23.5 Å². The van der Waals surface area contributed by atoms with Crippen LogP contribution >= 0.6 is 0 Å². The molecular formula is C18H19F2N3O4. The second kappa shape index (κ2) is 7.15. The standard InChI is InChI=1S/C18H19F2N3O4/c1-2-27-16(25)8-15(24)17(5-6-17)18(26,9-23-11-21-10-22-23)13-4-3-12(19)7-14(13)20/h3-4,7,10-11,26H,2,5-6,8-9H2,1H3. The summed E-state index contributed by atoms with van der Waals surface area (Å²) < 4.78 is 34.0. The predicted octanol–water partition coefficient (Wildman–Crippen LogP) is 1.75. The average molecular weight is 379 g/mol. The van der Waals surface area contributed by atoms with Gasteiger partial charge in [0, 0.05) is 11.6 Å². The van der Waals surface area contributed by atoms with E-state index in [1.54, 1.807) is 6.92 Å². The minimum atomic E-state index is -2.03. The monoisotopic (exact) mass is 379 g/mol. The van der Waals surface area contributed by atoms with Gasteiger partial charge in [0.25, 0.3) is 0 Å². The van der Waals surface area contributed by atoms with Gasteiger partial charge in [0.15, 0.2) is 5.78 Å².